The summed E-state index contributed by atoms with van der Waals surface area (Å²) in [6, 6.07) is 3.26. The van der Waals surface area contributed by atoms with Gasteiger partial charge in [-0.15, -0.1) is 11.3 Å². The lowest BCUT2D eigenvalue weighted by atomic mass is 9.95. The van der Waals surface area contributed by atoms with E-state index in [4.69, 9.17) is 9.15 Å². The first-order valence-electron chi connectivity index (χ1n) is 7.97. The molecule has 0 aromatic carbocycles. The highest BCUT2D eigenvalue weighted by molar-refractivity contribution is 7.17. The van der Waals surface area contributed by atoms with E-state index >= 15 is 0 Å². The quantitative estimate of drug-likeness (QED) is 0.787. The average Bonchev–Trinajstić information content (AvgIpc) is 3.22. The number of hydrogen-bond acceptors (Lipinski definition) is 5. The van der Waals surface area contributed by atoms with E-state index in [0.717, 1.165) is 31.2 Å². The third-order valence-electron chi connectivity index (χ3n) is 3.96. The molecule has 24 heavy (non-hydrogen) atoms. The van der Waals surface area contributed by atoms with Crippen molar-refractivity contribution in [2.45, 2.75) is 25.7 Å². The highest BCUT2D eigenvalue weighted by atomic mass is 32.1. The Labute approximate surface area is 144 Å². The van der Waals surface area contributed by atoms with Gasteiger partial charge in [0.25, 0.3) is 11.8 Å². The summed E-state index contributed by atoms with van der Waals surface area (Å²) in [4.78, 5) is 26.1. The minimum atomic E-state index is -0.343. The first-order valence-corrected chi connectivity index (χ1v) is 8.79. The topological polar surface area (TPSA) is 80.6 Å². The van der Waals surface area contributed by atoms with E-state index < -0.39 is 0 Å². The molecule has 2 amide bonds. The lowest BCUT2D eigenvalue weighted by Gasteiger charge is -2.13. The van der Waals surface area contributed by atoms with Gasteiger partial charge in [0.1, 0.15) is 5.00 Å². The molecular weight excluding hydrogens is 328 g/mol. The first kappa shape index (κ1) is 16.7. The summed E-state index contributed by atoms with van der Waals surface area (Å²) in [7, 11) is 1.59. The molecule has 0 fully saturated rings. The molecule has 2 N–H and O–H groups in total. The van der Waals surface area contributed by atoms with E-state index in [2.05, 4.69) is 10.6 Å². The van der Waals surface area contributed by atoms with Crippen LogP contribution in [0.1, 0.15) is 44.2 Å². The molecule has 0 saturated heterocycles. The Kier molecular flexibility index (Phi) is 5.32. The molecule has 6 nitrogen and oxygen atoms in total. The number of methoxy groups -OCH3 is 1. The van der Waals surface area contributed by atoms with Crippen LogP contribution in [0.25, 0.3) is 0 Å². The SMILES string of the molecule is COCCNC(=O)c1c(NC(=O)c2ccco2)sc2c1CCCC2. The van der Waals surface area contributed by atoms with Crippen LogP contribution in [-0.4, -0.2) is 32.1 Å². The molecule has 0 bridgehead atoms. The standard InChI is InChI=1S/C17H20N2O4S/c1-22-10-8-18-16(21)14-11-5-2-3-7-13(11)24-17(14)19-15(20)12-6-4-9-23-12/h4,6,9H,2-3,5,7-8,10H2,1H3,(H,18,21)(H,19,20). The average molecular weight is 348 g/mol. The van der Waals surface area contributed by atoms with Crippen molar-refractivity contribution < 1.29 is 18.7 Å². The Morgan fingerprint density at radius 2 is 2.12 bits per heavy atom. The number of hydrogen-bond donors (Lipinski definition) is 2. The molecular formula is C17H20N2O4S. The van der Waals surface area contributed by atoms with Crippen LogP contribution in [0, 0.1) is 0 Å². The maximum absolute atomic E-state index is 12.6. The molecule has 128 valence electrons. The van der Waals surface area contributed by atoms with Gasteiger partial charge in [0.15, 0.2) is 5.76 Å². The van der Waals surface area contributed by atoms with Crippen molar-refractivity contribution in [1.82, 2.24) is 5.32 Å². The predicted octanol–water partition coefficient (Wildman–Crippen LogP) is 2.85. The van der Waals surface area contributed by atoms with E-state index in [1.54, 1.807) is 19.2 Å². The van der Waals surface area contributed by atoms with Crippen LogP contribution in [0.2, 0.25) is 0 Å². The number of aryl methyl sites for hydroxylation is 1. The van der Waals surface area contributed by atoms with E-state index in [0.29, 0.717) is 23.7 Å². The second kappa shape index (κ2) is 7.63. The summed E-state index contributed by atoms with van der Waals surface area (Å²) in [5.41, 5.74) is 1.65. The largest absolute Gasteiger partial charge is 0.459 e. The minimum absolute atomic E-state index is 0.166. The van der Waals surface area contributed by atoms with Crippen molar-refractivity contribution in [2.75, 3.05) is 25.6 Å². The molecule has 1 aliphatic carbocycles. The van der Waals surface area contributed by atoms with Crippen LogP contribution in [0.5, 0.6) is 0 Å². The number of thiophene rings is 1. The third-order valence-corrected chi connectivity index (χ3v) is 5.17. The molecule has 0 spiro atoms. The van der Waals surface area contributed by atoms with Crippen molar-refractivity contribution in [3.05, 3.63) is 40.2 Å². The highest BCUT2D eigenvalue weighted by Crippen LogP contribution is 2.38. The summed E-state index contributed by atoms with van der Waals surface area (Å²) >= 11 is 1.49. The lowest BCUT2D eigenvalue weighted by Crippen LogP contribution is -2.28. The van der Waals surface area contributed by atoms with Gasteiger partial charge in [-0.1, -0.05) is 0 Å². The number of ether oxygens (including phenoxy) is 1. The summed E-state index contributed by atoms with van der Waals surface area (Å²) < 4.78 is 10.1. The van der Waals surface area contributed by atoms with Crippen LogP contribution < -0.4 is 10.6 Å². The number of carbonyl (C=O) groups excluding carboxylic acids is 2. The van der Waals surface area contributed by atoms with Gasteiger partial charge in [0, 0.05) is 18.5 Å². The Hall–Kier alpha value is -2.12. The van der Waals surface area contributed by atoms with Gasteiger partial charge >= 0.3 is 0 Å². The fourth-order valence-electron chi connectivity index (χ4n) is 2.82. The number of amides is 2. The molecule has 3 rings (SSSR count). The molecule has 0 unspecified atom stereocenters. The normalized spacial score (nSPS) is 13.4. The number of carbonyl (C=O) groups is 2. The Morgan fingerprint density at radius 3 is 2.88 bits per heavy atom. The number of nitrogens with one attached hydrogen (secondary N) is 2. The highest BCUT2D eigenvalue weighted by Gasteiger charge is 2.26. The second-order valence-corrected chi connectivity index (χ2v) is 6.70. The van der Waals surface area contributed by atoms with Gasteiger partial charge < -0.3 is 19.8 Å². The van der Waals surface area contributed by atoms with Crippen molar-refractivity contribution in [3.8, 4) is 0 Å². The van der Waals surface area contributed by atoms with Gasteiger partial charge in [-0.25, -0.2) is 0 Å². The summed E-state index contributed by atoms with van der Waals surface area (Å²) in [5.74, 6) is -0.280. The maximum Gasteiger partial charge on any atom is 0.291 e. The number of fused-ring (bicyclic) bond motifs is 1. The molecule has 0 saturated carbocycles. The Balaban J connectivity index is 1.85. The molecule has 0 radical (unpaired) electrons. The van der Waals surface area contributed by atoms with E-state index in [1.165, 1.54) is 22.5 Å². The lowest BCUT2D eigenvalue weighted by molar-refractivity contribution is 0.0937. The van der Waals surface area contributed by atoms with Crippen molar-refractivity contribution in [3.63, 3.8) is 0 Å². The second-order valence-electron chi connectivity index (χ2n) is 5.60. The zero-order chi connectivity index (χ0) is 16.9. The number of rotatable bonds is 6. The van der Waals surface area contributed by atoms with E-state index in [9.17, 15) is 9.59 Å². The molecule has 1 aliphatic rings. The monoisotopic (exact) mass is 348 g/mol. The van der Waals surface area contributed by atoms with E-state index in [-0.39, 0.29) is 17.6 Å². The maximum atomic E-state index is 12.6. The minimum Gasteiger partial charge on any atom is -0.459 e. The van der Waals surface area contributed by atoms with Gasteiger partial charge in [-0.05, 0) is 43.4 Å². The number of anilines is 1. The van der Waals surface area contributed by atoms with Crippen LogP contribution in [0.4, 0.5) is 5.00 Å². The van der Waals surface area contributed by atoms with Gasteiger partial charge in [0.2, 0.25) is 0 Å². The van der Waals surface area contributed by atoms with Gasteiger partial charge in [0.05, 0.1) is 18.4 Å². The van der Waals surface area contributed by atoms with Crippen LogP contribution in [0.3, 0.4) is 0 Å². The van der Waals surface area contributed by atoms with E-state index in [1.807, 2.05) is 0 Å². The fraction of sp³-hybridized carbons (Fsp3) is 0.412. The molecule has 2 aromatic rings. The Morgan fingerprint density at radius 1 is 1.29 bits per heavy atom. The number of furan rings is 1. The molecule has 2 heterocycles. The van der Waals surface area contributed by atoms with Crippen LogP contribution in [0.15, 0.2) is 22.8 Å². The summed E-state index contributed by atoms with van der Waals surface area (Å²) in [5, 5.41) is 6.28. The third kappa shape index (κ3) is 3.52. The summed E-state index contributed by atoms with van der Waals surface area (Å²) in [6.07, 6.45) is 5.45. The van der Waals surface area contributed by atoms with Crippen molar-refractivity contribution >= 4 is 28.2 Å². The van der Waals surface area contributed by atoms with Crippen molar-refractivity contribution in [2.24, 2.45) is 0 Å². The smallest absolute Gasteiger partial charge is 0.291 e. The molecule has 2 aromatic heterocycles. The zero-order valence-corrected chi connectivity index (χ0v) is 14.3. The van der Waals surface area contributed by atoms with Gasteiger partial charge in [-0.2, -0.15) is 0 Å². The fourth-order valence-corrected chi connectivity index (χ4v) is 4.10. The molecule has 0 atom stereocenters. The van der Waals surface area contributed by atoms with Crippen LogP contribution in [-0.2, 0) is 17.6 Å². The Bertz CT molecular complexity index is 721. The molecule has 7 heteroatoms. The zero-order valence-electron chi connectivity index (χ0n) is 13.5. The van der Waals surface area contributed by atoms with Crippen molar-refractivity contribution in [1.29, 1.82) is 0 Å². The predicted molar refractivity (Wildman–Crippen MR) is 91.8 cm³/mol. The first-order chi connectivity index (χ1) is 11.7. The molecule has 0 aliphatic heterocycles. The van der Waals surface area contributed by atoms with Crippen LogP contribution >= 0.6 is 11.3 Å². The summed E-state index contributed by atoms with van der Waals surface area (Å²) in [6.45, 7) is 0.887. The van der Waals surface area contributed by atoms with Gasteiger partial charge in [-0.3, -0.25) is 9.59 Å².